The summed E-state index contributed by atoms with van der Waals surface area (Å²) < 4.78 is 11.3. The zero-order valence-corrected chi connectivity index (χ0v) is 16.1. The largest absolute Gasteiger partial charge is 0.477 e. The molecule has 1 fully saturated rings. The van der Waals surface area contributed by atoms with Gasteiger partial charge in [-0.1, -0.05) is 6.07 Å². The quantitative estimate of drug-likeness (QED) is 0.730. The molecule has 1 unspecified atom stereocenters. The molecular weight excluding hydrogens is 354 g/mol. The van der Waals surface area contributed by atoms with E-state index in [1.54, 1.807) is 6.20 Å². The zero-order valence-electron chi connectivity index (χ0n) is 16.1. The third kappa shape index (κ3) is 3.97. The molecule has 1 aliphatic rings. The highest BCUT2D eigenvalue weighted by Gasteiger charge is 2.17. The maximum Gasteiger partial charge on any atom is 0.274 e. The number of fused-ring (bicyclic) bond motifs is 1. The molecule has 0 bridgehead atoms. The van der Waals surface area contributed by atoms with Crippen LogP contribution in [0.2, 0.25) is 0 Å². The molecule has 0 radical (unpaired) electrons. The first-order valence-corrected chi connectivity index (χ1v) is 9.45. The van der Waals surface area contributed by atoms with Gasteiger partial charge in [0.15, 0.2) is 0 Å². The summed E-state index contributed by atoms with van der Waals surface area (Å²) >= 11 is 0. The van der Waals surface area contributed by atoms with Gasteiger partial charge < -0.3 is 14.8 Å². The number of rotatable bonds is 5. The number of hydrogen-bond acceptors (Lipinski definition) is 5. The van der Waals surface area contributed by atoms with E-state index in [2.05, 4.69) is 15.3 Å². The third-order valence-electron chi connectivity index (χ3n) is 4.92. The summed E-state index contributed by atoms with van der Waals surface area (Å²) in [6.07, 6.45) is 2.74. The highest BCUT2D eigenvalue weighted by Crippen LogP contribution is 2.27. The van der Waals surface area contributed by atoms with Crippen LogP contribution in [0.1, 0.15) is 28.2 Å². The number of aromatic nitrogens is 2. The minimum atomic E-state index is -0.215. The van der Waals surface area contributed by atoms with Gasteiger partial charge in [-0.15, -0.1) is 0 Å². The number of hydrogen-bond donors (Lipinski definition) is 1. The first-order chi connectivity index (χ1) is 13.6. The summed E-state index contributed by atoms with van der Waals surface area (Å²) in [6.45, 7) is 5.90. The van der Waals surface area contributed by atoms with Crippen LogP contribution in [0.25, 0.3) is 10.8 Å². The lowest BCUT2D eigenvalue weighted by molar-refractivity contribution is 0.102. The van der Waals surface area contributed by atoms with Crippen molar-refractivity contribution in [3.63, 3.8) is 0 Å². The van der Waals surface area contributed by atoms with Crippen molar-refractivity contribution in [2.45, 2.75) is 20.3 Å². The molecule has 4 rings (SSSR count). The molecule has 1 saturated heterocycles. The second kappa shape index (κ2) is 7.94. The van der Waals surface area contributed by atoms with Gasteiger partial charge in [-0.3, -0.25) is 4.79 Å². The van der Waals surface area contributed by atoms with E-state index in [1.807, 2.05) is 50.2 Å². The molecule has 6 heteroatoms. The summed E-state index contributed by atoms with van der Waals surface area (Å²) in [5.74, 6) is 0.812. The Morgan fingerprint density at radius 1 is 1.25 bits per heavy atom. The molecule has 0 aliphatic carbocycles. The fraction of sp³-hybridized carbons (Fsp3) is 0.318. The molecular formula is C22H23N3O3. The van der Waals surface area contributed by atoms with Gasteiger partial charge in [0, 0.05) is 35.5 Å². The van der Waals surface area contributed by atoms with Gasteiger partial charge in [0.25, 0.3) is 5.91 Å². The normalized spacial score (nSPS) is 16.3. The van der Waals surface area contributed by atoms with Crippen LogP contribution in [0.5, 0.6) is 5.88 Å². The van der Waals surface area contributed by atoms with Crippen molar-refractivity contribution in [3.05, 3.63) is 59.5 Å². The summed E-state index contributed by atoms with van der Waals surface area (Å²) in [7, 11) is 0. The van der Waals surface area contributed by atoms with Crippen LogP contribution in [0.4, 0.5) is 5.69 Å². The number of ether oxygens (including phenoxy) is 2. The SMILES string of the molecule is Cc1ccc(C)c(C(=O)Nc2ccc3c(OCC4CCOC4)nccc3c2)n1. The second-order valence-electron chi connectivity index (χ2n) is 7.16. The van der Waals surface area contributed by atoms with Crippen molar-refractivity contribution < 1.29 is 14.3 Å². The van der Waals surface area contributed by atoms with Crippen LogP contribution in [0, 0.1) is 19.8 Å². The summed E-state index contributed by atoms with van der Waals surface area (Å²) in [4.78, 5) is 21.3. The minimum absolute atomic E-state index is 0.215. The van der Waals surface area contributed by atoms with E-state index in [4.69, 9.17) is 9.47 Å². The lowest BCUT2D eigenvalue weighted by atomic mass is 10.1. The van der Waals surface area contributed by atoms with Gasteiger partial charge in [0.1, 0.15) is 5.69 Å². The number of carbonyl (C=O) groups is 1. The molecule has 0 saturated carbocycles. The molecule has 1 aliphatic heterocycles. The molecule has 3 heterocycles. The summed E-state index contributed by atoms with van der Waals surface area (Å²) in [6, 6.07) is 11.4. The predicted molar refractivity (Wildman–Crippen MR) is 108 cm³/mol. The fourth-order valence-electron chi connectivity index (χ4n) is 3.30. The topological polar surface area (TPSA) is 73.3 Å². The van der Waals surface area contributed by atoms with E-state index in [0.717, 1.165) is 41.7 Å². The summed E-state index contributed by atoms with van der Waals surface area (Å²) in [5.41, 5.74) is 2.81. The standard InChI is InChI=1S/C22H23N3O3/c1-14-3-4-15(2)24-20(14)21(26)25-18-5-6-19-17(11-18)7-9-23-22(19)28-13-16-8-10-27-12-16/h3-7,9,11,16H,8,10,12-13H2,1-2H3,(H,25,26). The van der Waals surface area contributed by atoms with Gasteiger partial charge >= 0.3 is 0 Å². The Morgan fingerprint density at radius 2 is 2.14 bits per heavy atom. The molecule has 1 N–H and O–H groups in total. The number of nitrogens with zero attached hydrogens (tertiary/aromatic N) is 2. The van der Waals surface area contributed by atoms with Gasteiger partial charge in [-0.05, 0) is 61.5 Å². The average Bonchev–Trinajstić information content (AvgIpc) is 3.21. The molecule has 1 atom stereocenters. The number of pyridine rings is 2. The molecule has 3 aromatic rings. The van der Waals surface area contributed by atoms with Crippen LogP contribution in [0.3, 0.4) is 0 Å². The Hall–Kier alpha value is -2.99. The predicted octanol–water partition coefficient (Wildman–Crippen LogP) is 3.91. The second-order valence-corrected chi connectivity index (χ2v) is 7.16. The Kier molecular flexibility index (Phi) is 5.21. The maximum absolute atomic E-state index is 12.6. The van der Waals surface area contributed by atoms with Gasteiger partial charge in [-0.2, -0.15) is 0 Å². The highest BCUT2D eigenvalue weighted by atomic mass is 16.5. The Morgan fingerprint density at radius 3 is 2.96 bits per heavy atom. The van der Waals surface area contributed by atoms with Crippen molar-refractivity contribution in [3.8, 4) is 5.88 Å². The lowest BCUT2D eigenvalue weighted by Gasteiger charge is -2.12. The van der Waals surface area contributed by atoms with Gasteiger partial charge in [-0.25, -0.2) is 9.97 Å². The zero-order chi connectivity index (χ0) is 19.5. The number of anilines is 1. The molecule has 144 valence electrons. The van der Waals surface area contributed by atoms with Crippen LogP contribution in [0.15, 0.2) is 42.6 Å². The average molecular weight is 377 g/mol. The van der Waals surface area contributed by atoms with Crippen molar-refractivity contribution in [1.82, 2.24) is 9.97 Å². The molecule has 1 aromatic carbocycles. The molecule has 2 aromatic heterocycles. The number of benzene rings is 1. The lowest BCUT2D eigenvalue weighted by Crippen LogP contribution is -2.15. The van der Waals surface area contributed by atoms with E-state index in [9.17, 15) is 4.79 Å². The van der Waals surface area contributed by atoms with E-state index in [0.29, 0.717) is 29.8 Å². The number of amides is 1. The summed E-state index contributed by atoms with van der Waals surface area (Å²) in [5, 5.41) is 4.81. The first kappa shape index (κ1) is 18.4. The van der Waals surface area contributed by atoms with Crippen LogP contribution in [-0.2, 0) is 4.74 Å². The fourth-order valence-corrected chi connectivity index (χ4v) is 3.30. The maximum atomic E-state index is 12.6. The van der Waals surface area contributed by atoms with Crippen LogP contribution in [-0.4, -0.2) is 35.7 Å². The molecule has 0 spiro atoms. The van der Waals surface area contributed by atoms with Crippen LogP contribution >= 0.6 is 0 Å². The van der Waals surface area contributed by atoms with Crippen molar-refractivity contribution in [1.29, 1.82) is 0 Å². The number of aryl methyl sites for hydroxylation is 2. The van der Waals surface area contributed by atoms with E-state index in [-0.39, 0.29) is 5.91 Å². The third-order valence-corrected chi connectivity index (χ3v) is 4.92. The highest BCUT2D eigenvalue weighted by molar-refractivity contribution is 6.05. The van der Waals surface area contributed by atoms with Crippen molar-refractivity contribution in [2.24, 2.45) is 5.92 Å². The molecule has 1 amide bonds. The van der Waals surface area contributed by atoms with Gasteiger partial charge in [0.2, 0.25) is 5.88 Å². The van der Waals surface area contributed by atoms with Crippen molar-refractivity contribution >= 4 is 22.4 Å². The molecule has 6 nitrogen and oxygen atoms in total. The smallest absolute Gasteiger partial charge is 0.274 e. The van der Waals surface area contributed by atoms with Crippen LogP contribution < -0.4 is 10.1 Å². The monoisotopic (exact) mass is 377 g/mol. The van der Waals surface area contributed by atoms with Crippen molar-refractivity contribution in [2.75, 3.05) is 25.1 Å². The van der Waals surface area contributed by atoms with E-state index in [1.165, 1.54) is 0 Å². The van der Waals surface area contributed by atoms with E-state index >= 15 is 0 Å². The number of carbonyl (C=O) groups excluding carboxylic acids is 1. The molecule has 28 heavy (non-hydrogen) atoms. The first-order valence-electron chi connectivity index (χ1n) is 9.45. The number of nitrogens with one attached hydrogen (secondary N) is 1. The minimum Gasteiger partial charge on any atom is -0.477 e. The Balaban J connectivity index is 1.53. The Labute approximate surface area is 163 Å². The van der Waals surface area contributed by atoms with E-state index < -0.39 is 0 Å². The van der Waals surface area contributed by atoms with Gasteiger partial charge in [0.05, 0.1) is 13.2 Å². The Bertz CT molecular complexity index is 1010.